The highest BCUT2D eigenvalue weighted by atomic mass is 32.1. The van der Waals surface area contributed by atoms with Crippen LogP contribution in [0.1, 0.15) is 15.9 Å². The fourth-order valence-corrected chi connectivity index (χ4v) is 1.83. The molecule has 2 rings (SSSR count). The molecule has 86 valence electrons. The minimum absolute atomic E-state index is 0.0185. The number of halogens is 1. The molecule has 1 aromatic carbocycles. The molecule has 0 bridgehead atoms. The number of hydrazone groups is 1. The fraction of sp³-hybridized carbons (Fsp3) is 0. The van der Waals surface area contributed by atoms with Crippen LogP contribution in [0, 0.1) is 5.82 Å². The van der Waals surface area contributed by atoms with Crippen molar-refractivity contribution in [2.75, 3.05) is 0 Å². The van der Waals surface area contributed by atoms with Gasteiger partial charge in [0.25, 0.3) is 5.91 Å². The van der Waals surface area contributed by atoms with Crippen molar-refractivity contribution in [3.8, 4) is 0 Å². The molecule has 1 heterocycles. The third-order valence-corrected chi connectivity index (χ3v) is 2.74. The monoisotopic (exact) mass is 248 g/mol. The van der Waals surface area contributed by atoms with Crippen LogP contribution in [0.15, 0.2) is 46.2 Å². The van der Waals surface area contributed by atoms with E-state index in [0.717, 1.165) is 5.56 Å². The molecule has 0 atom stereocenters. The van der Waals surface area contributed by atoms with E-state index in [2.05, 4.69) is 10.5 Å². The van der Waals surface area contributed by atoms with Crippen molar-refractivity contribution in [1.82, 2.24) is 5.43 Å². The Morgan fingerprint density at radius 1 is 1.35 bits per heavy atom. The highest BCUT2D eigenvalue weighted by Crippen LogP contribution is 2.06. The average Bonchev–Trinajstić information content (AvgIpc) is 2.82. The molecule has 0 radical (unpaired) electrons. The van der Waals surface area contributed by atoms with E-state index in [1.807, 2.05) is 16.8 Å². The first-order chi connectivity index (χ1) is 8.27. The van der Waals surface area contributed by atoms with E-state index in [9.17, 15) is 9.18 Å². The Morgan fingerprint density at radius 3 is 2.88 bits per heavy atom. The summed E-state index contributed by atoms with van der Waals surface area (Å²) in [7, 11) is 0. The SMILES string of the molecule is O=C(N/N=C/c1ccsc1)c1ccccc1F. The molecular weight excluding hydrogens is 239 g/mol. The molecule has 1 amide bonds. The van der Waals surface area contributed by atoms with Gasteiger partial charge in [-0.15, -0.1) is 0 Å². The minimum atomic E-state index is -0.561. The first-order valence-corrected chi connectivity index (χ1v) is 5.82. The second-order valence-electron chi connectivity index (χ2n) is 3.24. The van der Waals surface area contributed by atoms with Gasteiger partial charge in [0, 0.05) is 5.56 Å². The van der Waals surface area contributed by atoms with Crippen molar-refractivity contribution < 1.29 is 9.18 Å². The van der Waals surface area contributed by atoms with Crippen LogP contribution >= 0.6 is 11.3 Å². The van der Waals surface area contributed by atoms with E-state index in [-0.39, 0.29) is 5.56 Å². The summed E-state index contributed by atoms with van der Waals surface area (Å²) in [4.78, 5) is 11.5. The van der Waals surface area contributed by atoms with Gasteiger partial charge in [0.2, 0.25) is 0 Å². The van der Waals surface area contributed by atoms with Gasteiger partial charge in [-0.05, 0) is 29.0 Å². The molecule has 5 heteroatoms. The molecule has 0 saturated heterocycles. The van der Waals surface area contributed by atoms with E-state index >= 15 is 0 Å². The van der Waals surface area contributed by atoms with Gasteiger partial charge in [0.1, 0.15) is 5.82 Å². The van der Waals surface area contributed by atoms with Gasteiger partial charge in [-0.3, -0.25) is 4.79 Å². The largest absolute Gasteiger partial charge is 0.274 e. The van der Waals surface area contributed by atoms with E-state index in [0.29, 0.717) is 0 Å². The zero-order valence-corrected chi connectivity index (χ0v) is 9.58. The van der Waals surface area contributed by atoms with Gasteiger partial charge in [0.05, 0.1) is 11.8 Å². The van der Waals surface area contributed by atoms with Gasteiger partial charge in [-0.1, -0.05) is 12.1 Å². The Bertz CT molecular complexity index is 537. The maximum atomic E-state index is 13.2. The Labute approximate surface area is 102 Å². The highest BCUT2D eigenvalue weighted by molar-refractivity contribution is 7.08. The van der Waals surface area contributed by atoms with Crippen LogP contribution in [0.3, 0.4) is 0 Å². The molecule has 0 aliphatic carbocycles. The molecule has 0 aliphatic rings. The lowest BCUT2D eigenvalue weighted by molar-refractivity contribution is 0.0951. The summed E-state index contributed by atoms with van der Waals surface area (Å²) in [6.45, 7) is 0. The maximum absolute atomic E-state index is 13.2. The molecule has 1 N–H and O–H groups in total. The fourth-order valence-electron chi connectivity index (χ4n) is 1.22. The normalized spacial score (nSPS) is 10.6. The second kappa shape index (κ2) is 5.36. The molecule has 0 aliphatic heterocycles. The van der Waals surface area contributed by atoms with E-state index in [1.165, 1.54) is 35.8 Å². The first-order valence-electron chi connectivity index (χ1n) is 4.87. The van der Waals surface area contributed by atoms with Crippen molar-refractivity contribution >= 4 is 23.5 Å². The maximum Gasteiger partial charge on any atom is 0.274 e. The lowest BCUT2D eigenvalue weighted by atomic mass is 10.2. The molecule has 3 nitrogen and oxygen atoms in total. The van der Waals surface area contributed by atoms with E-state index in [1.54, 1.807) is 6.07 Å². The van der Waals surface area contributed by atoms with Crippen molar-refractivity contribution in [2.45, 2.75) is 0 Å². The summed E-state index contributed by atoms with van der Waals surface area (Å²) in [6, 6.07) is 7.63. The molecular formula is C12H9FN2OS. The van der Waals surface area contributed by atoms with Crippen LogP contribution < -0.4 is 5.43 Å². The summed E-state index contributed by atoms with van der Waals surface area (Å²) in [5.41, 5.74) is 3.15. The minimum Gasteiger partial charge on any atom is -0.267 e. The number of amides is 1. The summed E-state index contributed by atoms with van der Waals surface area (Å²) in [5, 5.41) is 7.54. The van der Waals surface area contributed by atoms with Crippen molar-refractivity contribution in [2.24, 2.45) is 5.10 Å². The molecule has 0 saturated carbocycles. The highest BCUT2D eigenvalue weighted by Gasteiger charge is 2.08. The predicted octanol–water partition coefficient (Wildman–Crippen LogP) is 2.65. The number of carbonyl (C=O) groups excluding carboxylic acids is 1. The van der Waals surface area contributed by atoms with Gasteiger partial charge in [-0.2, -0.15) is 16.4 Å². The van der Waals surface area contributed by atoms with Gasteiger partial charge >= 0.3 is 0 Å². The number of hydrogen-bond acceptors (Lipinski definition) is 3. The van der Waals surface area contributed by atoms with E-state index in [4.69, 9.17) is 0 Å². The number of benzene rings is 1. The topological polar surface area (TPSA) is 41.5 Å². The van der Waals surface area contributed by atoms with Crippen LogP contribution in [0.25, 0.3) is 0 Å². The van der Waals surface area contributed by atoms with Crippen molar-refractivity contribution in [3.05, 3.63) is 58.0 Å². The number of nitrogens with one attached hydrogen (secondary N) is 1. The first kappa shape index (κ1) is 11.5. The van der Waals surface area contributed by atoms with Crippen LogP contribution in [0.4, 0.5) is 4.39 Å². The Morgan fingerprint density at radius 2 is 2.18 bits per heavy atom. The average molecular weight is 248 g/mol. The van der Waals surface area contributed by atoms with Gasteiger partial charge in [-0.25, -0.2) is 9.82 Å². The number of thiophene rings is 1. The number of nitrogens with zero attached hydrogens (tertiary/aromatic N) is 1. The van der Waals surface area contributed by atoms with Crippen LogP contribution in [-0.2, 0) is 0 Å². The lowest BCUT2D eigenvalue weighted by Crippen LogP contribution is -2.18. The summed E-state index contributed by atoms with van der Waals surface area (Å²) in [5.74, 6) is -1.12. The molecule has 0 spiro atoms. The lowest BCUT2D eigenvalue weighted by Gasteiger charge is -2.00. The van der Waals surface area contributed by atoms with Crippen LogP contribution in [-0.4, -0.2) is 12.1 Å². The van der Waals surface area contributed by atoms with Crippen LogP contribution in [0.2, 0.25) is 0 Å². The summed E-state index contributed by atoms with van der Waals surface area (Å²) < 4.78 is 13.2. The summed E-state index contributed by atoms with van der Waals surface area (Å²) in [6.07, 6.45) is 1.51. The molecule has 0 fully saturated rings. The quantitative estimate of drug-likeness (QED) is 0.658. The van der Waals surface area contributed by atoms with Crippen molar-refractivity contribution in [1.29, 1.82) is 0 Å². The second-order valence-corrected chi connectivity index (χ2v) is 4.02. The molecule has 2 aromatic rings. The number of carbonyl (C=O) groups is 1. The Kier molecular flexibility index (Phi) is 3.62. The Balaban J connectivity index is 2.01. The zero-order chi connectivity index (χ0) is 12.1. The zero-order valence-electron chi connectivity index (χ0n) is 8.76. The van der Waals surface area contributed by atoms with Gasteiger partial charge < -0.3 is 0 Å². The van der Waals surface area contributed by atoms with Crippen molar-refractivity contribution in [3.63, 3.8) is 0 Å². The third-order valence-electron chi connectivity index (χ3n) is 2.04. The smallest absolute Gasteiger partial charge is 0.267 e. The van der Waals surface area contributed by atoms with Gasteiger partial charge in [0.15, 0.2) is 0 Å². The standard InChI is InChI=1S/C12H9FN2OS/c13-11-4-2-1-3-10(11)12(16)15-14-7-9-5-6-17-8-9/h1-8H,(H,15,16)/b14-7+. The molecule has 17 heavy (non-hydrogen) atoms. The third kappa shape index (κ3) is 2.98. The molecule has 0 unspecified atom stereocenters. The summed E-state index contributed by atoms with van der Waals surface area (Å²) >= 11 is 1.53. The number of hydrogen-bond donors (Lipinski definition) is 1. The van der Waals surface area contributed by atoms with Crippen LogP contribution in [0.5, 0.6) is 0 Å². The van der Waals surface area contributed by atoms with E-state index < -0.39 is 11.7 Å². The predicted molar refractivity (Wildman–Crippen MR) is 65.8 cm³/mol. The number of rotatable bonds is 3. The Hall–Kier alpha value is -2.01. The molecule has 1 aromatic heterocycles.